The number of nitrogens with one attached hydrogen (secondary N) is 2. The van der Waals surface area contributed by atoms with Crippen LogP contribution in [-0.2, 0) is 9.53 Å². The Morgan fingerprint density at radius 1 is 1.24 bits per heavy atom. The number of esters is 1. The molecule has 2 N–H and O–H groups in total. The molecule has 0 aliphatic heterocycles. The zero-order chi connectivity index (χ0) is 15.7. The largest absolute Gasteiger partial charge is 0.461 e. The molecule has 0 bridgehead atoms. The molecule has 0 saturated carbocycles. The number of rotatable bonds is 8. The fourth-order valence-corrected chi connectivity index (χ4v) is 2.09. The summed E-state index contributed by atoms with van der Waals surface area (Å²) in [4.78, 5) is 38.5. The molecule has 1 heterocycles. The Kier molecular flexibility index (Phi) is 7.38. The number of amides is 2. The van der Waals surface area contributed by atoms with Crippen molar-refractivity contribution in [2.24, 2.45) is 0 Å². The Labute approximate surface area is 127 Å². The first-order valence-corrected chi connectivity index (χ1v) is 7.64. The quantitative estimate of drug-likeness (QED) is 0.697. The van der Waals surface area contributed by atoms with Gasteiger partial charge in [-0.05, 0) is 13.3 Å². The topological polar surface area (TPSA) is 97.4 Å². The minimum atomic E-state index is -0.541. The SMILES string of the molecule is CCCNC(=O)CCNC(=O)c1csc(C(=O)OCC)n1. The molecule has 0 unspecified atom stereocenters. The Hall–Kier alpha value is -1.96. The van der Waals surface area contributed by atoms with Gasteiger partial charge in [0, 0.05) is 24.9 Å². The van der Waals surface area contributed by atoms with E-state index in [9.17, 15) is 14.4 Å². The second kappa shape index (κ2) is 9.06. The van der Waals surface area contributed by atoms with Crippen molar-refractivity contribution >= 4 is 29.1 Å². The summed E-state index contributed by atoms with van der Waals surface area (Å²) in [6.45, 7) is 4.77. The van der Waals surface area contributed by atoms with Gasteiger partial charge in [0.2, 0.25) is 10.9 Å². The predicted molar refractivity (Wildman–Crippen MR) is 78.3 cm³/mol. The molecule has 8 heteroatoms. The molecule has 0 aliphatic carbocycles. The van der Waals surface area contributed by atoms with Gasteiger partial charge in [0.15, 0.2) is 0 Å². The van der Waals surface area contributed by atoms with Crippen molar-refractivity contribution in [3.8, 4) is 0 Å². The van der Waals surface area contributed by atoms with Crippen molar-refractivity contribution in [1.29, 1.82) is 0 Å². The highest BCUT2D eigenvalue weighted by Gasteiger charge is 2.16. The van der Waals surface area contributed by atoms with Gasteiger partial charge in [0.05, 0.1) is 6.61 Å². The van der Waals surface area contributed by atoms with Crippen LogP contribution in [0.1, 0.15) is 47.0 Å². The standard InChI is InChI=1S/C13H19N3O4S/c1-3-6-14-10(17)5-7-15-11(18)9-8-21-12(16-9)13(19)20-4-2/h8H,3-7H2,1-2H3,(H,14,17)(H,15,18). The van der Waals surface area contributed by atoms with Crippen LogP contribution >= 0.6 is 11.3 Å². The third kappa shape index (κ3) is 5.90. The Morgan fingerprint density at radius 3 is 2.67 bits per heavy atom. The van der Waals surface area contributed by atoms with E-state index in [1.165, 1.54) is 5.38 Å². The molecule has 0 radical (unpaired) electrons. The molecule has 7 nitrogen and oxygen atoms in total. The Balaban J connectivity index is 2.39. The normalized spacial score (nSPS) is 10.0. The molecule has 0 atom stereocenters. The summed E-state index contributed by atoms with van der Waals surface area (Å²) in [5, 5.41) is 6.92. The Bertz CT molecular complexity index is 501. The van der Waals surface area contributed by atoms with Gasteiger partial charge in [-0.1, -0.05) is 6.92 Å². The maximum Gasteiger partial charge on any atom is 0.367 e. The molecule has 116 valence electrons. The molecule has 1 rings (SSSR count). The molecule has 0 saturated heterocycles. The molecular formula is C13H19N3O4S. The lowest BCUT2D eigenvalue weighted by atomic mass is 10.3. The van der Waals surface area contributed by atoms with Gasteiger partial charge < -0.3 is 15.4 Å². The first-order valence-electron chi connectivity index (χ1n) is 6.76. The number of ether oxygens (including phenoxy) is 1. The van der Waals surface area contributed by atoms with E-state index in [0.717, 1.165) is 17.8 Å². The smallest absolute Gasteiger partial charge is 0.367 e. The van der Waals surface area contributed by atoms with Crippen LogP contribution in [-0.4, -0.2) is 42.5 Å². The lowest BCUT2D eigenvalue weighted by molar-refractivity contribution is -0.120. The lowest BCUT2D eigenvalue weighted by Gasteiger charge is -2.04. The predicted octanol–water partition coefficient (Wildman–Crippen LogP) is 0.966. The monoisotopic (exact) mass is 313 g/mol. The van der Waals surface area contributed by atoms with Crippen molar-refractivity contribution in [3.63, 3.8) is 0 Å². The third-order valence-electron chi connectivity index (χ3n) is 2.40. The van der Waals surface area contributed by atoms with E-state index in [1.54, 1.807) is 6.92 Å². The molecule has 0 aliphatic rings. The molecule has 0 fully saturated rings. The fourth-order valence-electron chi connectivity index (χ4n) is 1.40. The summed E-state index contributed by atoms with van der Waals surface area (Å²) < 4.78 is 4.80. The van der Waals surface area contributed by atoms with Crippen LogP contribution in [0.5, 0.6) is 0 Å². The van der Waals surface area contributed by atoms with Gasteiger partial charge in [-0.3, -0.25) is 9.59 Å². The highest BCUT2D eigenvalue weighted by atomic mass is 32.1. The van der Waals surface area contributed by atoms with Gasteiger partial charge >= 0.3 is 5.97 Å². The first kappa shape index (κ1) is 17.1. The van der Waals surface area contributed by atoms with E-state index in [-0.39, 0.29) is 36.2 Å². The summed E-state index contributed by atoms with van der Waals surface area (Å²) in [6, 6.07) is 0. The van der Waals surface area contributed by atoms with E-state index in [0.29, 0.717) is 6.54 Å². The van der Waals surface area contributed by atoms with Crippen molar-refractivity contribution in [3.05, 3.63) is 16.1 Å². The van der Waals surface area contributed by atoms with Crippen LogP contribution in [0.3, 0.4) is 0 Å². The molecule has 0 spiro atoms. The van der Waals surface area contributed by atoms with Crippen molar-refractivity contribution in [2.45, 2.75) is 26.7 Å². The number of carbonyl (C=O) groups is 3. The summed E-state index contributed by atoms with van der Waals surface area (Å²) in [5.74, 6) is -1.06. The van der Waals surface area contributed by atoms with Gasteiger partial charge in [-0.15, -0.1) is 11.3 Å². The van der Waals surface area contributed by atoms with E-state index in [4.69, 9.17) is 4.74 Å². The number of hydrogen-bond donors (Lipinski definition) is 2. The first-order chi connectivity index (χ1) is 10.1. The van der Waals surface area contributed by atoms with Crippen LogP contribution in [0.4, 0.5) is 0 Å². The maximum atomic E-state index is 11.8. The van der Waals surface area contributed by atoms with E-state index >= 15 is 0 Å². The van der Waals surface area contributed by atoms with Crippen LogP contribution in [0, 0.1) is 0 Å². The number of carbonyl (C=O) groups excluding carboxylic acids is 3. The Morgan fingerprint density at radius 2 is 2.00 bits per heavy atom. The molecule has 1 aromatic rings. The zero-order valence-corrected chi connectivity index (χ0v) is 12.9. The second-order valence-electron chi connectivity index (χ2n) is 4.11. The lowest BCUT2D eigenvalue weighted by Crippen LogP contribution is -2.31. The van der Waals surface area contributed by atoms with E-state index in [1.807, 2.05) is 6.92 Å². The van der Waals surface area contributed by atoms with Crippen LogP contribution in [0.25, 0.3) is 0 Å². The third-order valence-corrected chi connectivity index (χ3v) is 3.22. The van der Waals surface area contributed by atoms with Crippen LogP contribution in [0.15, 0.2) is 5.38 Å². The van der Waals surface area contributed by atoms with Gasteiger partial charge in [0.25, 0.3) is 5.91 Å². The molecule has 2 amide bonds. The molecule has 0 aromatic carbocycles. The van der Waals surface area contributed by atoms with Crippen LogP contribution in [0.2, 0.25) is 0 Å². The summed E-state index contributed by atoms with van der Waals surface area (Å²) in [7, 11) is 0. The molecular weight excluding hydrogens is 294 g/mol. The molecule has 1 aromatic heterocycles. The van der Waals surface area contributed by atoms with Crippen molar-refractivity contribution in [1.82, 2.24) is 15.6 Å². The maximum absolute atomic E-state index is 11.8. The average Bonchev–Trinajstić information content (AvgIpc) is 2.95. The molecule has 21 heavy (non-hydrogen) atoms. The van der Waals surface area contributed by atoms with E-state index < -0.39 is 11.9 Å². The number of aromatic nitrogens is 1. The van der Waals surface area contributed by atoms with Crippen molar-refractivity contribution in [2.75, 3.05) is 19.7 Å². The van der Waals surface area contributed by atoms with Crippen molar-refractivity contribution < 1.29 is 19.1 Å². The van der Waals surface area contributed by atoms with Gasteiger partial charge in [-0.25, -0.2) is 9.78 Å². The average molecular weight is 313 g/mol. The number of thiazole rings is 1. The van der Waals surface area contributed by atoms with Crippen LogP contribution < -0.4 is 10.6 Å². The summed E-state index contributed by atoms with van der Waals surface area (Å²) in [5.41, 5.74) is 0.150. The number of hydrogen-bond acceptors (Lipinski definition) is 6. The van der Waals surface area contributed by atoms with E-state index in [2.05, 4.69) is 15.6 Å². The highest BCUT2D eigenvalue weighted by Crippen LogP contribution is 2.11. The summed E-state index contributed by atoms with van der Waals surface area (Å²) in [6.07, 6.45) is 1.08. The zero-order valence-electron chi connectivity index (χ0n) is 12.1. The number of nitrogens with zero attached hydrogens (tertiary/aromatic N) is 1. The van der Waals surface area contributed by atoms with Gasteiger partial charge in [-0.2, -0.15) is 0 Å². The van der Waals surface area contributed by atoms with Gasteiger partial charge in [0.1, 0.15) is 5.69 Å². The minimum absolute atomic E-state index is 0.109. The fraction of sp³-hybridized carbons (Fsp3) is 0.538. The summed E-state index contributed by atoms with van der Waals surface area (Å²) >= 11 is 1.05. The minimum Gasteiger partial charge on any atom is -0.461 e. The second-order valence-corrected chi connectivity index (χ2v) is 4.97. The highest BCUT2D eigenvalue weighted by molar-refractivity contribution is 7.11.